The van der Waals surface area contributed by atoms with Crippen molar-refractivity contribution in [3.05, 3.63) is 80.1 Å². The van der Waals surface area contributed by atoms with Gasteiger partial charge in [-0.1, -0.05) is 42.8 Å². The number of rotatable bonds is 7. The van der Waals surface area contributed by atoms with E-state index in [9.17, 15) is 13.2 Å². The highest BCUT2D eigenvalue weighted by atomic mass is 35.5. The molecule has 0 aliphatic heterocycles. The quantitative estimate of drug-likeness (QED) is 0.507. The molecule has 174 valence electrons. The van der Waals surface area contributed by atoms with E-state index in [0.717, 1.165) is 49.7 Å². The molecule has 2 atom stereocenters. The monoisotopic (exact) mass is 487 g/mol. The number of fused-ring (bicyclic) bond motifs is 1. The summed E-state index contributed by atoms with van der Waals surface area (Å²) in [6, 6.07) is 10.3. The third kappa shape index (κ3) is 4.52. The van der Waals surface area contributed by atoms with E-state index in [1.165, 1.54) is 11.1 Å². The zero-order valence-corrected chi connectivity index (χ0v) is 19.9. The fourth-order valence-corrected chi connectivity index (χ4v) is 6.62. The van der Waals surface area contributed by atoms with Gasteiger partial charge in [0, 0.05) is 5.92 Å². The molecule has 9 heteroatoms. The lowest BCUT2D eigenvalue weighted by Gasteiger charge is -2.27. The predicted octanol–water partition coefficient (Wildman–Crippen LogP) is 4.60. The van der Waals surface area contributed by atoms with Gasteiger partial charge in [0.15, 0.2) is 0 Å². The SMILES string of the molecule is CC(c1cccc2c1CCCC2)C(NS(=O)(=O)c1ccc(C2CC2)cc1Cl)c1n[nH]c(=O)o1. The Morgan fingerprint density at radius 1 is 1.18 bits per heavy atom. The van der Waals surface area contributed by atoms with Crippen molar-refractivity contribution >= 4 is 21.6 Å². The summed E-state index contributed by atoms with van der Waals surface area (Å²) in [6.07, 6.45) is 6.37. The number of aryl methyl sites for hydroxylation is 1. The molecule has 7 nitrogen and oxygen atoms in total. The smallest absolute Gasteiger partial charge is 0.391 e. The molecular formula is C24H26ClN3O4S. The summed E-state index contributed by atoms with van der Waals surface area (Å²) in [5, 5.41) is 6.38. The molecule has 0 radical (unpaired) electrons. The van der Waals surface area contributed by atoms with E-state index in [4.69, 9.17) is 16.0 Å². The molecule has 1 heterocycles. The van der Waals surface area contributed by atoms with Crippen LogP contribution in [0.4, 0.5) is 0 Å². The molecule has 1 saturated carbocycles. The molecule has 0 saturated heterocycles. The van der Waals surface area contributed by atoms with E-state index < -0.39 is 21.8 Å². The second-order valence-electron chi connectivity index (χ2n) is 9.00. The summed E-state index contributed by atoms with van der Waals surface area (Å²) in [6.45, 7) is 1.92. The van der Waals surface area contributed by atoms with Crippen molar-refractivity contribution < 1.29 is 12.8 Å². The zero-order valence-electron chi connectivity index (χ0n) is 18.3. The highest BCUT2D eigenvalue weighted by molar-refractivity contribution is 7.89. The third-order valence-electron chi connectivity index (χ3n) is 6.72. The van der Waals surface area contributed by atoms with Gasteiger partial charge in [0.25, 0.3) is 0 Å². The summed E-state index contributed by atoms with van der Waals surface area (Å²) >= 11 is 6.40. The Kier molecular flexibility index (Phi) is 5.93. The molecule has 2 unspecified atom stereocenters. The van der Waals surface area contributed by atoms with Gasteiger partial charge < -0.3 is 4.42 Å². The van der Waals surface area contributed by atoms with Gasteiger partial charge >= 0.3 is 5.76 Å². The molecular weight excluding hydrogens is 462 g/mol. The maximum atomic E-state index is 13.4. The largest absolute Gasteiger partial charge is 0.434 e. The van der Waals surface area contributed by atoms with Crippen LogP contribution in [0.5, 0.6) is 0 Å². The van der Waals surface area contributed by atoms with Gasteiger partial charge in [-0.05, 0) is 78.8 Å². The lowest BCUT2D eigenvalue weighted by Crippen LogP contribution is -2.33. The van der Waals surface area contributed by atoms with Crippen molar-refractivity contribution in [2.24, 2.45) is 0 Å². The molecule has 1 aromatic heterocycles. The number of hydrogen-bond donors (Lipinski definition) is 2. The average molecular weight is 488 g/mol. The van der Waals surface area contributed by atoms with Gasteiger partial charge in [-0.25, -0.2) is 18.3 Å². The molecule has 0 bridgehead atoms. The fraction of sp³-hybridized carbons (Fsp3) is 0.417. The Morgan fingerprint density at radius 2 is 1.97 bits per heavy atom. The van der Waals surface area contributed by atoms with E-state index in [-0.39, 0.29) is 21.7 Å². The van der Waals surface area contributed by atoms with Crippen LogP contribution in [0.25, 0.3) is 0 Å². The molecule has 0 amide bonds. The normalized spacial score (nSPS) is 18.0. The first kappa shape index (κ1) is 22.4. The second-order valence-corrected chi connectivity index (χ2v) is 11.1. The number of aromatic amines is 1. The lowest BCUT2D eigenvalue weighted by atomic mass is 9.82. The van der Waals surface area contributed by atoms with Crippen molar-refractivity contribution in [3.63, 3.8) is 0 Å². The van der Waals surface area contributed by atoms with Crippen LogP contribution in [0.15, 0.2) is 50.5 Å². The number of nitrogens with one attached hydrogen (secondary N) is 2. The van der Waals surface area contributed by atoms with Crippen LogP contribution in [0.2, 0.25) is 5.02 Å². The number of benzene rings is 2. The molecule has 33 heavy (non-hydrogen) atoms. The molecule has 5 rings (SSSR count). The Bertz CT molecular complexity index is 1340. The van der Waals surface area contributed by atoms with Crippen LogP contribution >= 0.6 is 11.6 Å². The zero-order chi connectivity index (χ0) is 23.2. The van der Waals surface area contributed by atoms with Gasteiger partial charge in [0.2, 0.25) is 15.9 Å². The van der Waals surface area contributed by atoms with Crippen LogP contribution < -0.4 is 10.5 Å². The molecule has 2 aliphatic rings. The average Bonchev–Trinajstić information content (AvgIpc) is 3.57. The first-order valence-corrected chi connectivity index (χ1v) is 13.2. The second kappa shape index (κ2) is 8.74. The first-order chi connectivity index (χ1) is 15.8. The van der Waals surface area contributed by atoms with Gasteiger partial charge in [-0.2, -0.15) is 4.72 Å². The van der Waals surface area contributed by atoms with Crippen molar-refractivity contribution in [2.75, 3.05) is 0 Å². The molecule has 0 spiro atoms. The number of sulfonamides is 1. The summed E-state index contributed by atoms with van der Waals surface area (Å²) in [4.78, 5) is 11.7. The Labute approximate surface area is 197 Å². The minimum atomic E-state index is -4.02. The highest BCUT2D eigenvalue weighted by Crippen LogP contribution is 2.42. The number of aromatic nitrogens is 2. The summed E-state index contributed by atoms with van der Waals surface area (Å²) < 4.78 is 34.8. The van der Waals surface area contributed by atoms with Crippen LogP contribution in [0, 0.1) is 0 Å². The van der Waals surface area contributed by atoms with Crippen molar-refractivity contribution in [3.8, 4) is 0 Å². The summed E-state index contributed by atoms with van der Waals surface area (Å²) in [5.41, 5.74) is 4.61. The van der Waals surface area contributed by atoms with E-state index in [2.05, 4.69) is 21.0 Å². The standard InChI is InChI=1S/C24H26ClN3O4S/c1-14(18-8-4-6-16-5-2-3-7-19(16)18)22(23-26-27-24(29)32-23)28-33(30,31)21-12-11-17(13-20(21)25)15-9-10-15/h4,6,8,11-15,22,28H,2-3,5,7,9-10H2,1H3,(H,27,29). The fourth-order valence-electron chi connectivity index (χ4n) is 4.79. The first-order valence-electron chi connectivity index (χ1n) is 11.3. The molecule has 2 aromatic carbocycles. The van der Waals surface area contributed by atoms with Crippen LogP contribution in [0.1, 0.15) is 78.6 Å². The lowest BCUT2D eigenvalue weighted by molar-refractivity contribution is 0.380. The Hall–Kier alpha value is -2.42. The van der Waals surface area contributed by atoms with E-state index in [1.54, 1.807) is 12.1 Å². The van der Waals surface area contributed by atoms with Crippen LogP contribution in [0.3, 0.4) is 0 Å². The Morgan fingerprint density at radius 3 is 2.67 bits per heavy atom. The van der Waals surface area contributed by atoms with Crippen LogP contribution in [-0.4, -0.2) is 18.6 Å². The molecule has 1 fully saturated rings. The van der Waals surface area contributed by atoms with Gasteiger partial charge in [0.1, 0.15) is 10.9 Å². The summed E-state index contributed by atoms with van der Waals surface area (Å²) in [5.74, 6) is -0.607. The summed E-state index contributed by atoms with van der Waals surface area (Å²) in [7, 11) is -4.02. The highest BCUT2D eigenvalue weighted by Gasteiger charge is 2.34. The van der Waals surface area contributed by atoms with Gasteiger partial charge in [-0.15, -0.1) is 5.10 Å². The molecule has 2 aliphatic carbocycles. The maximum absolute atomic E-state index is 13.4. The predicted molar refractivity (Wildman–Crippen MR) is 125 cm³/mol. The van der Waals surface area contributed by atoms with Crippen molar-refractivity contribution in [2.45, 2.75) is 68.2 Å². The van der Waals surface area contributed by atoms with E-state index >= 15 is 0 Å². The van der Waals surface area contributed by atoms with Crippen LogP contribution in [-0.2, 0) is 22.9 Å². The van der Waals surface area contributed by atoms with E-state index in [0.29, 0.717) is 5.92 Å². The van der Waals surface area contributed by atoms with Gasteiger partial charge in [-0.3, -0.25) is 0 Å². The van der Waals surface area contributed by atoms with Gasteiger partial charge in [0.05, 0.1) is 5.02 Å². The maximum Gasteiger partial charge on any atom is 0.434 e. The number of H-pyrrole nitrogens is 1. The molecule has 3 aromatic rings. The minimum absolute atomic E-state index is 0.00117. The Balaban J connectivity index is 1.52. The molecule has 2 N–H and O–H groups in total. The number of nitrogens with zero attached hydrogens (tertiary/aromatic N) is 1. The third-order valence-corrected chi connectivity index (χ3v) is 8.64. The number of halogens is 1. The van der Waals surface area contributed by atoms with Crippen molar-refractivity contribution in [1.82, 2.24) is 14.9 Å². The van der Waals surface area contributed by atoms with E-state index in [1.807, 2.05) is 25.1 Å². The van der Waals surface area contributed by atoms with Crippen molar-refractivity contribution in [1.29, 1.82) is 0 Å². The minimum Gasteiger partial charge on any atom is -0.391 e. The topological polar surface area (TPSA) is 105 Å². The number of hydrogen-bond acceptors (Lipinski definition) is 5.